The second kappa shape index (κ2) is 11.1. The number of carboxylic acid groups (broad SMARTS) is 1. The van der Waals surface area contributed by atoms with Gasteiger partial charge in [0.15, 0.2) is 5.11 Å². The quantitative estimate of drug-likeness (QED) is 0.376. The number of carboxylic acids is 1. The standard InChI is InChI=1S/C14H27N3O4S/c1-14(2,3)21-13(20)17-10-9-16-12(22)15-8-6-4-5-7-11(18)19/h4-10H2,1-3H3,(H,17,20)(H,18,19)(H2,15,16,22). The Balaban J connectivity index is 3.47. The van der Waals surface area contributed by atoms with Gasteiger partial charge in [-0.2, -0.15) is 0 Å². The zero-order chi connectivity index (χ0) is 17.0. The Morgan fingerprint density at radius 2 is 1.59 bits per heavy atom. The minimum absolute atomic E-state index is 0.207. The summed E-state index contributed by atoms with van der Waals surface area (Å²) in [6.45, 7) is 7.03. The number of unbranched alkanes of at least 4 members (excludes halogenated alkanes) is 2. The van der Waals surface area contributed by atoms with Gasteiger partial charge in [-0.25, -0.2) is 4.79 Å². The Kier molecular flexibility index (Phi) is 10.3. The molecule has 0 bridgehead atoms. The molecule has 0 aromatic heterocycles. The van der Waals surface area contributed by atoms with Gasteiger partial charge in [-0.15, -0.1) is 0 Å². The third kappa shape index (κ3) is 14.8. The third-order valence-corrected chi connectivity index (χ3v) is 2.72. The first-order valence-electron chi connectivity index (χ1n) is 7.41. The molecule has 0 unspecified atom stereocenters. The van der Waals surface area contributed by atoms with E-state index in [1.807, 2.05) is 0 Å². The number of carbonyl (C=O) groups is 2. The maximum atomic E-state index is 11.4. The van der Waals surface area contributed by atoms with Crippen molar-refractivity contribution < 1.29 is 19.4 Å². The summed E-state index contributed by atoms with van der Waals surface area (Å²) in [4.78, 5) is 21.7. The molecule has 0 heterocycles. The molecule has 0 aromatic rings. The van der Waals surface area contributed by atoms with Crippen LogP contribution in [0.15, 0.2) is 0 Å². The van der Waals surface area contributed by atoms with E-state index >= 15 is 0 Å². The highest BCUT2D eigenvalue weighted by molar-refractivity contribution is 7.80. The average molecular weight is 333 g/mol. The number of aliphatic carboxylic acids is 1. The van der Waals surface area contributed by atoms with Gasteiger partial charge in [-0.1, -0.05) is 6.42 Å². The number of thiocarbonyl (C=S) groups is 1. The predicted molar refractivity (Wildman–Crippen MR) is 88.9 cm³/mol. The van der Waals surface area contributed by atoms with E-state index < -0.39 is 17.7 Å². The molecule has 0 aromatic carbocycles. The van der Waals surface area contributed by atoms with E-state index in [0.717, 1.165) is 12.8 Å². The molecule has 4 N–H and O–H groups in total. The van der Waals surface area contributed by atoms with Gasteiger partial charge >= 0.3 is 12.1 Å². The van der Waals surface area contributed by atoms with Crippen molar-refractivity contribution in [1.29, 1.82) is 0 Å². The summed E-state index contributed by atoms with van der Waals surface area (Å²) in [5.41, 5.74) is -0.505. The van der Waals surface area contributed by atoms with Gasteiger partial charge in [0.1, 0.15) is 5.60 Å². The van der Waals surface area contributed by atoms with Gasteiger partial charge < -0.3 is 25.8 Å². The number of carbonyl (C=O) groups excluding carboxylic acids is 1. The largest absolute Gasteiger partial charge is 0.481 e. The van der Waals surface area contributed by atoms with Crippen LogP contribution in [-0.2, 0) is 9.53 Å². The third-order valence-electron chi connectivity index (χ3n) is 2.43. The first kappa shape index (κ1) is 20.4. The SMILES string of the molecule is CC(C)(C)OC(=O)NCCNC(=S)NCCCCCC(=O)O. The molecule has 0 rings (SSSR count). The number of alkyl carbamates (subject to hydrolysis) is 1. The minimum atomic E-state index is -0.761. The molecule has 0 fully saturated rings. The Bertz CT molecular complexity index is 370. The van der Waals surface area contributed by atoms with Gasteiger partial charge in [-0.05, 0) is 45.8 Å². The van der Waals surface area contributed by atoms with Crippen LogP contribution in [-0.4, -0.2) is 47.5 Å². The van der Waals surface area contributed by atoms with Crippen LogP contribution in [0, 0.1) is 0 Å². The van der Waals surface area contributed by atoms with E-state index in [1.54, 1.807) is 20.8 Å². The molecule has 128 valence electrons. The highest BCUT2D eigenvalue weighted by Gasteiger charge is 2.15. The highest BCUT2D eigenvalue weighted by Crippen LogP contribution is 2.05. The Morgan fingerprint density at radius 1 is 1.00 bits per heavy atom. The molecule has 1 amide bonds. The summed E-state index contributed by atoms with van der Waals surface area (Å²) in [7, 11) is 0. The fourth-order valence-electron chi connectivity index (χ4n) is 1.50. The molecular formula is C14H27N3O4S. The smallest absolute Gasteiger partial charge is 0.407 e. The number of hydrogen-bond acceptors (Lipinski definition) is 4. The number of amides is 1. The second-order valence-corrected chi connectivity index (χ2v) is 6.22. The van der Waals surface area contributed by atoms with Gasteiger partial charge in [0.25, 0.3) is 0 Å². The van der Waals surface area contributed by atoms with Crippen LogP contribution in [0.25, 0.3) is 0 Å². The van der Waals surface area contributed by atoms with Crippen molar-refractivity contribution >= 4 is 29.4 Å². The van der Waals surface area contributed by atoms with E-state index in [0.29, 0.717) is 31.2 Å². The molecule has 0 saturated carbocycles. The van der Waals surface area contributed by atoms with Crippen molar-refractivity contribution in [3.63, 3.8) is 0 Å². The van der Waals surface area contributed by atoms with Gasteiger partial charge in [0, 0.05) is 26.1 Å². The van der Waals surface area contributed by atoms with Crippen LogP contribution >= 0.6 is 12.2 Å². The number of hydrogen-bond donors (Lipinski definition) is 4. The van der Waals surface area contributed by atoms with Crippen molar-refractivity contribution in [2.75, 3.05) is 19.6 Å². The maximum Gasteiger partial charge on any atom is 0.407 e. The summed E-state index contributed by atoms with van der Waals surface area (Å²) < 4.78 is 5.10. The van der Waals surface area contributed by atoms with E-state index in [9.17, 15) is 9.59 Å². The second-order valence-electron chi connectivity index (χ2n) is 5.82. The van der Waals surface area contributed by atoms with Gasteiger partial charge in [0.05, 0.1) is 0 Å². The van der Waals surface area contributed by atoms with E-state index in [2.05, 4.69) is 16.0 Å². The van der Waals surface area contributed by atoms with Crippen LogP contribution in [0.5, 0.6) is 0 Å². The molecule has 0 saturated heterocycles. The van der Waals surface area contributed by atoms with Gasteiger partial charge in [0.2, 0.25) is 0 Å². The van der Waals surface area contributed by atoms with Crippen LogP contribution in [0.1, 0.15) is 46.5 Å². The first-order chi connectivity index (χ1) is 10.2. The molecule has 0 aliphatic heterocycles. The Morgan fingerprint density at radius 3 is 2.18 bits per heavy atom. The fourth-order valence-corrected chi connectivity index (χ4v) is 1.70. The van der Waals surface area contributed by atoms with E-state index in [-0.39, 0.29) is 6.42 Å². The molecule has 0 radical (unpaired) electrons. The summed E-state index contributed by atoms with van der Waals surface area (Å²) in [6, 6.07) is 0. The molecule has 0 spiro atoms. The highest BCUT2D eigenvalue weighted by atomic mass is 32.1. The summed E-state index contributed by atoms with van der Waals surface area (Å²) in [5, 5.41) is 17.6. The van der Waals surface area contributed by atoms with Crippen LogP contribution in [0.3, 0.4) is 0 Å². The lowest BCUT2D eigenvalue weighted by molar-refractivity contribution is -0.137. The summed E-state index contributed by atoms with van der Waals surface area (Å²) >= 11 is 5.08. The molecule has 7 nitrogen and oxygen atoms in total. The summed E-state index contributed by atoms with van der Waals surface area (Å²) in [5.74, 6) is -0.761. The molecule has 0 aliphatic rings. The van der Waals surface area contributed by atoms with Crippen molar-refractivity contribution in [3.8, 4) is 0 Å². The van der Waals surface area contributed by atoms with Crippen molar-refractivity contribution in [2.45, 2.75) is 52.1 Å². The zero-order valence-electron chi connectivity index (χ0n) is 13.5. The molecule has 22 heavy (non-hydrogen) atoms. The molecule has 0 aliphatic carbocycles. The van der Waals surface area contributed by atoms with Crippen molar-refractivity contribution in [3.05, 3.63) is 0 Å². The predicted octanol–water partition coefficient (Wildman–Crippen LogP) is 1.62. The normalized spacial score (nSPS) is 10.7. The van der Waals surface area contributed by atoms with Crippen LogP contribution < -0.4 is 16.0 Å². The monoisotopic (exact) mass is 333 g/mol. The Hall–Kier alpha value is -1.57. The molecular weight excluding hydrogens is 306 g/mol. The topological polar surface area (TPSA) is 99.7 Å². The number of ether oxygens (including phenoxy) is 1. The lowest BCUT2D eigenvalue weighted by atomic mass is 10.2. The zero-order valence-corrected chi connectivity index (χ0v) is 14.3. The maximum absolute atomic E-state index is 11.4. The van der Waals surface area contributed by atoms with Crippen LogP contribution in [0.4, 0.5) is 4.79 Å². The lowest BCUT2D eigenvalue weighted by Gasteiger charge is -2.19. The van der Waals surface area contributed by atoms with Crippen molar-refractivity contribution in [2.24, 2.45) is 0 Å². The first-order valence-corrected chi connectivity index (χ1v) is 7.82. The lowest BCUT2D eigenvalue weighted by Crippen LogP contribution is -2.41. The van der Waals surface area contributed by atoms with Gasteiger partial charge in [-0.3, -0.25) is 4.79 Å². The number of nitrogens with one attached hydrogen (secondary N) is 3. The van der Waals surface area contributed by atoms with Crippen LogP contribution in [0.2, 0.25) is 0 Å². The average Bonchev–Trinajstić information content (AvgIpc) is 2.36. The fraction of sp³-hybridized carbons (Fsp3) is 0.786. The van der Waals surface area contributed by atoms with E-state index in [4.69, 9.17) is 22.1 Å². The Labute approximate surface area is 137 Å². The van der Waals surface area contributed by atoms with Crippen molar-refractivity contribution in [1.82, 2.24) is 16.0 Å². The summed E-state index contributed by atoms with van der Waals surface area (Å²) in [6.07, 6.45) is 2.15. The molecule has 8 heteroatoms. The van der Waals surface area contributed by atoms with E-state index in [1.165, 1.54) is 0 Å². The number of rotatable bonds is 9. The molecule has 0 atom stereocenters. The minimum Gasteiger partial charge on any atom is -0.481 e.